The molecule has 112 valence electrons. The third-order valence-corrected chi connectivity index (χ3v) is 3.61. The van der Waals surface area contributed by atoms with Gasteiger partial charge >= 0.3 is 0 Å². The molecule has 0 aliphatic heterocycles. The average molecular weight is 347 g/mol. The first-order chi connectivity index (χ1) is 10.1. The average Bonchev–Trinajstić information content (AvgIpc) is 2.46. The van der Waals surface area contributed by atoms with Crippen LogP contribution in [0.3, 0.4) is 0 Å². The van der Waals surface area contributed by atoms with Crippen LogP contribution < -0.4 is 16.4 Å². The molecule has 21 heavy (non-hydrogen) atoms. The lowest BCUT2D eigenvalue weighted by molar-refractivity contribution is 0.869. The van der Waals surface area contributed by atoms with Gasteiger partial charge in [-0.15, -0.1) is 0 Å². The van der Waals surface area contributed by atoms with E-state index in [4.69, 9.17) is 40.5 Å². The Bertz CT molecular complexity index is 621. The van der Waals surface area contributed by atoms with Crippen molar-refractivity contribution in [3.8, 4) is 0 Å². The van der Waals surface area contributed by atoms with Gasteiger partial charge in [-0.2, -0.15) is 4.98 Å². The lowest BCUT2D eigenvalue weighted by Gasteiger charge is -2.10. The van der Waals surface area contributed by atoms with Gasteiger partial charge in [0.25, 0.3) is 0 Å². The van der Waals surface area contributed by atoms with Crippen molar-refractivity contribution in [2.75, 3.05) is 23.7 Å². The second-order valence-electron chi connectivity index (χ2n) is 4.21. The van der Waals surface area contributed by atoms with Gasteiger partial charge in [0.15, 0.2) is 0 Å². The SMILES string of the molecule is NCCCNc1nc(Nc2ccc(Cl)c(Cl)c2)ncc1Cl. The quantitative estimate of drug-likeness (QED) is 0.691. The van der Waals surface area contributed by atoms with E-state index in [-0.39, 0.29) is 0 Å². The minimum atomic E-state index is 0.410. The summed E-state index contributed by atoms with van der Waals surface area (Å²) in [6.07, 6.45) is 2.36. The Morgan fingerprint density at radius 1 is 1.10 bits per heavy atom. The molecule has 2 aromatic rings. The number of nitrogens with zero attached hydrogens (tertiary/aromatic N) is 2. The van der Waals surface area contributed by atoms with E-state index in [0.29, 0.717) is 39.9 Å². The lowest BCUT2D eigenvalue weighted by Crippen LogP contribution is -2.10. The largest absolute Gasteiger partial charge is 0.369 e. The van der Waals surface area contributed by atoms with Gasteiger partial charge in [0.05, 0.1) is 16.2 Å². The number of hydrogen-bond acceptors (Lipinski definition) is 5. The fraction of sp³-hybridized carbons (Fsp3) is 0.231. The highest BCUT2D eigenvalue weighted by Gasteiger charge is 2.06. The maximum absolute atomic E-state index is 6.04. The molecule has 0 spiro atoms. The molecule has 0 aliphatic carbocycles. The third-order valence-electron chi connectivity index (χ3n) is 2.59. The number of aromatic nitrogens is 2. The molecule has 8 heteroatoms. The van der Waals surface area contributed by atoms with Crippen LogP contribution in [0.25, 0.3) is 0 Å². The van der Waals surface area contributed by atoms with Crippen molar-refractivity contribution >= 4 is 52.3 Å². The molecule has 0 amide bonds. The molecule has 0 aliphatic rings. The predicted octanol–water partition coefficient (Wildman–Crippen LogP) is 3.94. The Morgan fingerprint density at radius 3 is 2.62 bits per heavy atom. The minimum Gasteiger partial charge on any atom is -0.369 e. The Kier molecular flexibility index (Phi) is 5.87. The molecule has 1 aromatic carbocycles. The zero-order chi connectivity index (χ0) is 15.2. The van der Waals surface area contributed by atoms with E-state index in [2.05, 4.69) is 20.6 Å². The van der Waals surface area contributed by atoms with Crippen molar-refractivity contribution < 1.29 is 0 Å². The summed E-state index contributed by atoms with van der Waals surface area (Å²) < 4.78 is 0. The van der Waals surface area contributed by atoms with Crippen LogP contribution in [0.15, 0.2) is 24.4 Å². The summed E-state index contributed by atoms with van der Waals surface area (Å²) in [5.41, 5.74) is 6.18. The number of nitrogens with one attached hydrogen (secondary N) is 2. The molecule has 0 fully saturated rings. The topological polar surface area (TPSA) is 75.9 Å². The normalized spacial score (nSPS) is 10.5. The van der Waals surface area contributed by atoms with Crippen molar-refractivity contribution in [2.24, 2.45) is 5.73 Å². The summed E-state index contributed by atoms with van der Waals surface area (Å²) in [7, 11) is 0. The summed E-state index contributed by atoms with van der Waals surface area (Å²) in [4.78, 5) is 8.43. The maximum Gasteiger partial charge on any atom is 0.229 e. The van der Waals surface area contributed by atoms with Gasteiger partial charge in [0.2, 0.25) is 5.95 Å². The van der Waals surface area contributed by atoms with E-state index >= 15 is 0 Å². The molecule has 0 atom stereocenters. The highest BCUT2D eigenvalue weighted by Crippen LogP contribution is 2.27. The second-order valence-corrected chi connectivity index (χ2v) is 5.43. The molecule has 1 aromatic heterocycles. The minimum absolute atomic E-state index is 0.410. The Morgan fingerprint density at radius 2 is 1.90 bits per heavy atom. The number of anilines is 3. The summed E-state index contributed by atoms with van der Waals surface area (Å²) >= 11 is 17.9. The first-order valence-corrected chi connectivity index (χ1v) is 7.42. The van der Waals surface area contributed by atoms with Crippen molar-refractivity contribution in [3.63, 3.8) is 0 Å². The Balaban J connectivity index is 2.12. The summed E-state index contributed by atoms with van der Waals surface area (Å²) in [5, 5.41) is 7.55. The zero-order valence-corrected chi connectivity index (χ0v) is 13.3. The summed E-state index contributed by atoms with van der Waals surface area (Å²) in [6, 6.07) is 5.18. The summed E-state index contributed by atoms with van der Waals surface area (Å²) in [5.74, 6) is 0.968. The molecule has 0 unspecified atom stereocenters. The van der Waals surface area contributed by atoms with Crippen LogP contribution in [-0.2, 0) is 0 Å². The fourth-order valence-electron chi connectivity index (χ4n) is 1.56. The first-order valence-electron chi connectivity index (χ1n) is 6.28. The third kappa shape index (κ3) is 4.61. The van der Waals surface area contributed by atoms with Crippen LogP contribution in [0.4, 0.5) is 17.5 Å². The van der Waals surface area contributed by atoms with Crippen LogP contribution >= 0.6 is 34.8 Å². The number of rotatable bonds is 6. The van der Waals surface area contributed by atoms with E-state index in [1.54, 1.807) is 18.2 Å². The van der Waals surface area contributed by atoms with Crippen molar-refractivity contribution in [2.45, 2.75) is 6.42 Å². The smallest absolute Gasteiger partial charge is 0.229 e. The number of benzene rings is 1. The first kappa shape index (κ1) is 16.1. The Hall–Kier alpha value is -1.27. The van der Waals surface area contributed by atoms with Crippen LogP contribution in [0.2, 0.25) is 15.1 Å². The van der Waals surface area contributed by atoms with Crippen molar-refractivity contribution in [1.82, 2.24) is 9.97 Å². The highest BCUT2D eigenvalue weighted by atomic mass is 35.5. The van der Waals surface area contributed by atoms with Gasteiger partial charge in [-0.3, -0.25) is 0 Å². The molecule has 0 radical (unpaired) electrons. The number of nitrogens with two attached hydrogens (primary N) is 1. The van der Waals surface area contributed by atoms with Gasteiger partial charge in [-0.1, -0.05) is 34.8 Å². The van der Waals surface area contributed by atoms with Gasteiger partial charge < -0.3 is 16.4 Å². The number of halogens is 3. The van der Waals surface area contributed by atoms with Crippen LogP contribution in [-0.4, -0.2) is 23.1 Å². The maximum atomic E-state index is 6.04. The lowest BCUT2D eigenvalue weighted by atomic mass is 10.3. The van der Waals surface area contributed by atoms with E-state index in [1.165, 1.54) is 6.20 Å². The fourth-order valence-corrected chi connectivity index (χ4v) is 2.02. The van der Waals surface area contributed by atoms with E-state index in [0.717, 1.165) is 12.1 Å². The molecule has 2 rings (SSSR count). The van der Waals surface area contributed by atoms with E-state index < -0.39 is 0 Å². The van der Waals surface area contributed by atoms with Crippen molar-refractivity contribution in [1.29, 1.82) is 0 Å². The number of hydrogen-bond donors (Lipinski definition) is 3. The molecule has 0 saturated carbocycles. The van der Waals surface area contributed by atoms with Crippen LogP contribution in [0, 0.1) is 0 Å². The standard InChI is InChI=1S/C13H14Cl3N5/c14-9-3-2-8(6-10(9)15)20-13-19-7-11(16)12(21-13)18-5-1-4-17/h2-3,6-7H,1,4-5,17H2,(H2,18,19,20,21). The second kappa shape index (κ2) is 7.66. The molecule has 4 N–H and O–H groups in total. The monoisotopic (exact) mass is 345 g/mol. The van der Waals surface area contributed by atoms with E-state index in [1.807, 2.05) is 0 Å². The molecule has 0 saturated heterocycles. The van der Waals surface area contributed by atoms with Gasteiger partial charge in [0.1, 0.15) is 10.8 Å². The molecular formula is C13H14Cl3N5. The van der Waals surface area contributed by atoms with Crippen LogP contribution in [0.5, 0.6) is 0 Å². The van der Waals surface area contributed by atoms with Gasteiger partial charge in [-0.05, 0) is 31.2 Å². The van der Waals surface area contributed by atoms with Gasteiger partial charge in [0, 0.05) is 12.2 Å². The molecular weight excluding hydrogens is 333 g/mol. The zero-order valence-electron chi connectivity index (χ0n) is 11.0. The molecule has 5 nitrogen and oxygen atoms in total. The predicted molar refractivity (Wildman–Crippen MR) is 88.9 cm³/mol. The Labute approximate surface area is 137 Å². The molecule has 0 bridgehead atoms. The van der Waals surface area contributed by atoms with Crippen molar-refractivity contribution in [3.05, 3.63) is 39.5 Å². The summed E-state index contributed by atoms with van der Waals surface area (Å²) in [6.45, 7) is 1.30. The van der Waals surface area contributed by atoms with Crippen LogP contribution in [0.1, 0.15) is 6.42 Å². The highest BCUT2D eigenvalue weighted by molar-refractivity contribution is 6.42. The molecule has 1 heterocycles. The van der Waals surface area contributed by atoms with Gasteiger partial charge in [-0.25, -0.2) is 4.98 Å². The van der Waals surface area contributed by atoms with E-state index in [9.17, 15) is 0 Å².